The van der Waals surface area contributed by atoms with Crippen molar-refractivity contribution in [3.63, 3.8) is 0 Å². The number of carbonyl (C=O) groups excluding carboxylic acids is 2. The topological polar surface area (TPSA) is 91.0 Å². The standard InChI is InChI=1S/C20H21N5O2/c1-12-7-13(2)9-15(8-12)22-18(26)10-14-11-24-16-5-3-4-6-17(16)25(21)20(24)23-19(14)27/h3-9,14H,10-11,21H2,1-2H3,(H,22,26). The van der Waals surface area contributed by atoms with E-state index in [1.165, 1.54) is 5.01 Å². The predicted molar refractivity (Wildman–Crippen MR) is 106 cm³/mol. The molecule has 0 fully saturated rings. The van der Waals surface area contributed by atoms with Crippen molar-refractivity contribution in [1.82, 2.24) is 0 Å². The number of aliphatic imine (C=N–C) groups is 1. The fourth-order valence-electron chi connectivity index (χ4n) is 3.66. The summed E-state index contributed by atoms with van der Waals surface area (Å²) in [5.41, 5.74) is 4.58. The third-order valence-electron chi connectivity index (χ3n) is 4.79. The van der Waals surface area contributed by atoms with Gasteiger partial charge in [-0.15, -0.1) is 0 Å². The Morgan fingerprint density at radius 3 is 2.56 bits per heavy atom. The second-order valence-corrected chi connectivity index (χ2v) is 7.04. The first-order chi connectivity index (χ1) is 12.9. The van der Waals surface area contributed by atoms with E-state index in [0.29, 0.717) is 12.5 Å². The number of nitrogens with two attached hydrogens (primary N) is 1. The van der Waals surface area contributed by atoms with E-state index in [9.17, 15) is 9.59 Å². The second kappa shape index (κ2) is 6.51. The molecule has 4 rings (SSSR count). The molecule has 2 aromatic rings. The Kier molecular flexibility index (Phi) is 4.16. The molecular weight excluding hydrogens is 342 g/mol. The van der Waals surface area contributed by atoms with Crippen LogP contribution in [0.1, 0.15) is 17.5 Å². The predicted octanol–water partition coefficient (Wildman–Crippen LogP) is 2.34. The number of amides is 2. The summed E-state index contributed by atoms with van der Waals surface area (Å²) in [5.74, 6) is 5.45. The Hall–Kier alpha value is -3.19. The van der Waals surface area contributed by atoms with Gasteiger partial charge in [-0.3, -0.25) is 9.59 Å². The number of nitrogens with zero attached hydrogens (tertiary/aromatic N) is 3. The fraction of sp³-hybridized carbons (Fsp3) is 0.250. The minimum Gasteiger partial charge on any atom is -0.326 e. The SMILES string of the molecule is Cc1cc(C)cc(NC(=O)CC2CN3C(=NC2=O)N(N)c2ccccc23)c1. The van der Waals surface area contributed by atoms with Crippen LogP contribution in [0.15, 0.2) is 47.5 Å². The smallest absolute Gasteiger partial charge is 0.254 e. The first kappa shape index (κ1) is 17.2. The van der Waals surface area contributed by atoms with Gasteiger partial charge in [0.2, 0.25) is 11.9 Å². The minimum absolute atomic E-state index is 0.0752. The molecule has 1 atom stereocenters. The van der Waals surface area contributed by atoms with E-state index in [0.717, 1.165) is 28.2 Å². The summed E-state index contributed by atoms with van der Waals surface area (Å²) < 4.78 is 0. The number of nitrogens with one attached hydrogen (secondary N) is 1. The van der Waals surface area contributed by atoms with Crippen molar-refractivity contribution in [3.8, 4) is 0 Å². The Balaban J connectivity index is 1.50. The van der Waals surface area contributed by atoms with E-state index in [2.05, 4.69) is 10.3 Å². The molecule has 0 aliphatic carbocycles. The largest absolute Gasteiger partial charge is 0.326 e. The van der Waals surface area contributed by atoms with Gasteiger partial charge in [-0.25, -0.2) is 10.9 Å². The van der Waals surface area contributed by atoms with Crippen molar-refractivity contribution >= 4 is 34.8 Å². The molecule has 0 saturated heterocycles. The van der Waals surface area contributed by atoms with E-state index in [1.807, 2.05) is 61.2 Å². The van der Waals surface area contributed by atoms with E-state index < -0.39 is 5.92 Å². The van der Waals surface area contributed by atoms with E-state index >= 15 is 0 Å². The van der Waals surface area contributed by atoms with Crippen LogP contribution in [-0.2, 0) is 9.59 Å². The van der Waals surface area contributed by atoms with Crippen LogP contribution in [0, 0.1) is 19.8 Å². The van der Waals surface area contributed by atoms with Gasteiger partial charge in [0.1, 0.15) is 0 Å². The van der Waals surface area contributed by atoms with E-state index in [4.69, 9.17) is 5.84 Å². The molecule has 2 amide bonds. The molecule has 0 saturated carbocycles. The number of carbonyl (C=O) groups is 2. The van der Waals surface area contributed by atoms with Gasteiger partial charge in [0, 0.05) is 18.7 Å². The highest BCUT2D eigenvalue weighted by Gasteiger charge is 2.39. The number of hydrogen-bond donors (Lipinski definition) is 2. The van der Waals surface area contributed by atoms with Gasteiger partial charge in [-0.05, 0) is 49.2 Å². The number of fused-ring (bicyclic) bond motifs is 3. The molecule has 0 spiro atoms. The number of anilines is 3. The Morgan fingerprint density at radius 1 is 1.19 bits per heavy atom. The van der Waals surface area contributed by atoms with Gasteiger partial charge >= 0.3 is 0 Å². The van der Waals surface area contributed by atoms with Crippen LogP contribution >= 0.6 is 0 Å². The number of para-hydroxylation sites is 2. The molecular formula is C20H21N5O2. The zero-order chi connectivity index (χ0) is 19.1. The molecule has 0 aromatic heterocycles. The molecule has 1 unspecified atom stereocenters. The highest BCUT2D eigenvalue weighted by Crippen LogP contribution is 2.37. The lowest BCUT2D eigenvalue weighted by molar-refractivity contribution is -0.126. The summed E-state index contributed by atoms with van der Waals surface area (Å²) >= 11 is 0. The lowest BCUT2D eigenvalue weighted by atomic mass is 10.0. The molecule has 0 bridgehead atoms. The minimum atomic E-state index is -0.515. The molecule has 27 heavy (non-hydrogen) atoms. The lowest BCUT2D eigenvalue weighted by Gasteiger charge is -2.28. The lowest BCUT2D eigenvalue weighted by Crippen LogP contribution is -2.49. The molecule has 7 nitrogen and oxygen atoms in total. The summed E-state index contributed by atoms with van der Waals surface area (Å²) in [7, 11) is 0. The summed E-state index contributed by atoms with van der Waals surface area (Å²) in [5, 5.41) is 4.30. The molecule has 2 heterocycles. The van der Waals surface area contributed by atoms with Gasteiger partial charge in [-0.2, -0.15) is 4.99 Å². The van der Waals surface area contributed by atoms with Crippen LogP contribution in [0.2, 0.25) is 0 Å². The number of rotatable bonds is 3. The monoisotopic (exact) mass is 363 g/mol. The molecule has 3 N–H and O–H groups in total. The second-order valence-electron chi connectivity index (χ2n) is 7.04. The van der Waals surface area contributed by atoms with Crippen LogP contribution in [0.5, 0.6) is 0 Å². The van der Waals surface area contributed by atoms with Crippen LogP contribution in [0.25, 0.3) is 0 Å². The molecule has 2 aliphatic heterocycles. The summed E-state index contributed by atoms with van der Waals surface area (Å²) in [6.07, 6.45) is 0.0752. The third-order valence-corrected chi connectivity index (χ3v) is 4.79. The quantitative estimate of drug-likeness (QED) is 0.817. The summed E-state index contributed by atoms with van der Waals surface area (Å²) in [6.45, 7) is 4.34. The van der Waals surface area contributed by atoms with Gasteiger partial charge in [0.25, 0.3) is 5.91 Å². The van der Waals surface area contributed by atoms with Crippen LogP contribution < -0.4 is 21.1 Å². The van der Waals surface area contributed by atoms with Gasteiger partial charge in [0.05, 0.1) is 17.3 Å². The first-order valence-electron chi connectivity index (χ1n) is 8.84. The molecule has 2 aliphatic rings. The van der Waals surface area contributed by atoms with Crippen LogP contribution in [0.3, 0.4) is 0 Å². The third kappa shape index (κ3) is 3.17. The van der Waals surface area contributed by atoms with Crippen LogP contribution in [-0.4, -0.2) is 24.3 Å². The maximum absolute atomic E-state index is 12.5. The summed E-state index contributed by atoms with van der Waals surface area (Å²) in [4.78, 5) is 31.0. The zero-order valence-corrected chi connectivity index (χ0v) is 15.3. The Labute approximate surface area is 157 Å². The number of guanidine groups is 1. The van der Waals surface area contributed by atoms with Crippen molar-refractivity contribution in [2.24, 2.45) is 16.8 Å². The maximum Gasteiger partial charge on any atom is 0.254 e. The molecule has 7 heteroatoms. The number of hydrogen-bond acceptors (Lipinski definition) is 5. The molecule has 2 aromatic carbocycles. The van der Waals surface area contributed by atoms with Crippen molar-refractivity contribution in [2.75, 3.05) is 21.8 Å². The van der Waals surface area contributed by atoms with Crippen molar-refractivity contribution < 1.29 is 9.59 Å². The van der Waals surface area contributed by atoms with Crippen molar-refractivity contribution in [2.45, 2.75) is 20.3 Å². The van der Waals surface area contributed by atoms with Gasteiger partial charge in [0.15, 0.2) is 0 Å². The zero-order valence-electron chi connectivity index (χ0n) is 15.3. The summed E-state index contributed by atoms with van der Waals surface area (Å²) in [6, 6.07) is 13.5. The number of hydrazine groups is 1. The van der Waals surface area contributed by atoms with E-state index in [1.54, 1.807) is 0 Å². The highest BCUT2D eigenvalue weighted by molar-refractivity contribution is 6.20. The Morgan fingerprint density at radius 2 is 1.85 bits per heavy atom. The fourth-order valence-corrected chi connectivity index (χ4v) is 3.66. The normalized spacial score (nSPS) is 18.1. The maximum atomic E-state index is 12.5. The van der Waals surface area contributed by atoms with Crippen molar-refractivity contribution in [3.05, 3.63) is 53.6 Å². The highest BCUT2D eigenvalue weighted by atomic mass is 16.2. The van der Waals surface area contributed by atoms with Crippen molar-refractivity contribution in [1.29, 1.82) is 0 Å². The number of aryl methyl sites for hydroxylation is 2. The molecule has 138 valence electrons. The van der Waals surface area contributed by atoms with E-state index in [-0.39, 0.29) is 18.2 Å². The molecule has 0 radical (unpaired) electrons. The average molecular weight is 363 g/mol. The van der Waals surface area contributed by atoms with Crippen LogP contribution in [0.4, 0.5) is 17.1 Å². The average Bonchev–Trinajstić information content (AvgIpc) is 2.87. The van der Waals surface area contributed by atoms with Gasteiger partial charge in [-0.1, -0.05) is 18.2 Å². The Bertz CT molecular complexity index is 948. The van der Waals surface area contributed by atoms with Gasteiger partial charge < -0.3 is 10.2 Å². The first-order valence-corrected chi connectivity index (χ1v) is 8.84. The number of benzene rings is 2.